The molecule has 0 unspecified atom stereocenters. The van der Waals surface area contributed by atoms with E-state index in [4.69, 9.17) is 11.5 Å². The Kier molecular flexibility index (Phi) is 6.84. The molecule has 0 atom stereocenters. The normalized spacial score (nSPS) is 13.2. The summed E-state index contributed by atoms with van der Waals surface area (Å²) < 4.78 is 0. The molecule has 0 fully saturated rings. The summed E-state index contributed by atoms with van der Waals surface area (Å²) in [5.74, 6) is -2.89. The highest BCUT2D eigenvalue weighted by atomic mass is 16.2. The molecule has 4 amide bonds. The molecule has 2 heterocycles. The van der Waals surface area contributed by atoms with Crippen molar-refractivity contribution < 1.29 is 19.2 Å². The fraction of sp³-hybridized carbons (Fsp3) is 0. The minimum Gasteiger partial charge on any atom is -0.399 e. The molecule has 0 bridgehead atoms. The monoisotopic (exact) mass is 632 g/mol. The van der Waals surface area contributed by atoms with E-state index in [-0.39, 0.29) is 45.0 Å². The first kappa shape index (κ1) is 29.3. The topological polar surface area (TPSA) is 224 Å². The zero-order chi connectivity index (χ0) is 33.7. The van der Waals surface area contributed by atoms with Gasteiger partial charge in [0, 0.05) is 21.2 Å². The van der Waals surface area contributed by atoms with Gasteiger partial charge >= 0.3 is 0 Å². The van der Waals surface area contributed by atoms with Gasteiger partial charge in [0.1, 0.15) is 0 Å². The van der Waals surface area contributed by atoms with E-state index in [1.165, 1.54) is 12.1 Å². The second-order valence-electron chi connectivity index (χ2n) is 10.9. The number of nitrogens with two attached hydrogens (primary N) is 2. The molecule has 2 aliphatic heterocycles. The third-order valence-electron chi connectivity index (χ3n) is 8.12. The lowest BCUT2D eigenvalue weighted by Crippen LogP contribution is -2.31. The fourth-order valence-corrected chi connectivity index (χ4v) is 5.80. The third kappa shape index (κ3) is 4.63. The van der Waals surface area contributed by atoms with Crippen molar-refractivity contribution in [2.45, 2.75) is 0 Å². The van der Waals surface area contributed by atoms with Gasteiger partial charge in [-0.15, -0.1) is 0 Å². The van der Waals surface area contributed by atoms with Crippen LogP contribution in [0.25, 0.3) is 43.1 Å². The summed E-state index contributed by atoms with van der Waals surface area (Å²) in [6.07, 6.45) is 0. The summed E-state index contributed by atoms with van der Waals surface area (Å²) in [6.45, 7) is 0. The van der Waals surface area contributed by atoms with Gasteiger partial charge < -0.3 is 11.5 Å². The lowest BCUT2D eigenvalue weighted by molar-refractivity contribution is 0.0909. The van der Waals surface area contributed by atoms with Gasteiger partial charge in [-0.1, -0.05) is 46.6 Å². The molecule has 0 saturated heterocycles. The summed E-state index contributed by atoms with van der Waals surface area (Å²) >= 11 is 0. The standard InChI is InChI=1S/C34H20N10O4/c35-21-7-1-17(2-8-21)19-5-11-23-25(13-19)33(47)43(31(23)45)29-15-28(40-42-38)30(16-27(29)39-41-37)44-32(46)24-12-6-20(14-26(24)34(44)48)18-3-9-22(36)10-4-18/h1-16H,35-36H2. The van der Waals surface area contributed by atoms with Crippen LogP contribution >= 0.6 is 0 Å². The maximum atomic E-state index is 13.8. The van der Waals surface area contributed by atoms with Gasteiger partial charge in [0.05, 0.1) is 45.0 Å². The van der Waals surface area contributed by atoms with E-state index in [1.54, 1.807) is 72.8 Å². The summed E-state index contributed by atoms with van der Waals surface area (Å²) in [4.78, 5) is 62.0. The van der Waals surface area contributed by atoms with Crippen LogP contribution in [-0.2, 0) is 0 Å². The first-order chi connectivity index (χ1) is 23.2. The Morgan fingerprint density at radius 1 is 0.458 bits per heavy atom. The first-order valence-corrected chi connectivity index (χ1v) is 14.3. The number of nitrogen functional groups attached to an aromatic ring is 2. The van der Waals surface area contributed by atoms with E-state index in [0.29, 0.717) is 22.5 Å². The molecule has 0 aliphatic carbocycles. The van der Waals surface area contributed by atoms with Crippen molar-refractivity contribution in [3.8, 4) is 22.3 Å². The van der Waals surface area contributed by atoms with E-state index in [2.05, 4.69) is 20.1 Å². The highest BCUT2D eigenvalue weighted by Gasteiger charge is 2.41. The van der Waals surface area contributed by atoms with Crippen LogP contribution in [0, 0.1) is 0 Å². The molecule has 5 aromatic rings. The van der Waals surface area contributed by atoms with Crippen molar-refractivity contribution in [2.75, 3.05) is 21.3 Å². The van der Waals surface area contributed by atoms with E-state index >= 15 is 0 Å². The number of hydrogen-bond donors (Lipinski definition) is 2. The molecule has 230 valence electrons. The van der Waals surface area contributed by atoms with Crippen molar-refractivity contribution in [3.63, 3.8) is 0 Å². The van der Waals surface area contributed by atoms with Crippen molar-refractivity contribution in [1.82, 2.24) is 0 Å². The minimum atomic E-state index is -0.725. The number of nitrogens with zero attached hydrogens (tertiary/aromatic N) is 8. The van der Waals surface area contributed by atoms with Crippen LogP contribution in [0.1, 0.15) is 41.4 Å². The maximum absolute atomic E-state index is 13.8. The molecular formula is C34H20N10O4. The quantitative estimate of drug-likeness (QED) is 0.0627. The summed E-state index contributed by atoms with van der Waals surface area (Å²) in [5, 5.41) is 7.36. The molecule has 0 radical (unpaired) electrons. The first-order valence-electron chi connectivity index (χ1n) is 14.3. The van der Waals surface area contributed by atoms with Gasteiger partial charge in [0.25, 0.3) is 23.6 Å². The van der Waals surface area contributed by atoms with Gasteiger partial charge in [-0.2, -0.15) is 0 Å². The minimum absolute atomic E-state index is 0.0906. The van der Waals surface area contributed by atoms with Crippen LogP contribution in [0.5, 0.6) is 0 Å². The van der Waals surface area contributed by atoms with Crippen LogP contribution in [0.4, 0.5) is 34.1 Å². The fourth-order valence-electron chi connectivity index (χ4n) is 5.80. The van der Waals surface area contributed by atoms with Crippen LogP contribution in [0.2, 0.25) is 0 Å². The smallest absolute Gasteiger partial charge is 0.266 e. The predicted octanol–water partition coefficient (Wildman–Crippen LogP) is 7.67. The van der Waals surface area contributed by atoms with Crippen molar-refractivity contribution >= 4 is 57.8 Å². The Labute approximate surface area is 270 Å². The lowest BCUT2D eigenvalue weighted by atomic mass is 10.00. The highest BCUT2D eigenvalue weighted by molar-refractivity contribution is 6.37. The Bertz CT molecular complexity index is 2190. The van der Waals surface area contributed by atoms with E-state index < -0.39 is 23.6 Å². The summed E-state index contributed by atoms with van der Waals surface area (Å²) in [6, 6.07) is 25.7. The Hall–Kier alpha value is -7.40. The largest absolute Gasteiger partial charge is 0.399 e. The van der Waals surface area contributed by atoms with Crippen LogP contribution in [0.15, 0.2) is 107 Å². The maximum Gasteiger partial charge on any atom is 0.266 e. The molecule has 7 rings (SSSR count). The zero-order valence-electron chi connectivity index (χ0n) is 24.6. The van der Waals surface area contributed by atoms with Crippen molar-refractivity contribution in [1.29, 1.82) is 0 Å². The number of anilines is 4. The Morgan fingerprint density at radius 3 is 1.15 bits per heavy atom. The van der Waals surface area contributed by atoms with Crippen molar-refractivity contribution in [2.24, 2.45) is 10.2 Å². The molecule has 2 aliphatic rings. The van der Waals surface area contributed by atoms with Crippen molar-refractivity contribution in [3.05, 3.63) is 140 Å². The molecule has 0 spiro atoms. The van der Waals surface area contributed by atoms with Crippen LogP contribution in [0.3, 0.4) is 0 Å². The Balaban J connectivity index is 1.30. The van der Waals surface area contributed by atoms with Gasteiger partial charge in [0.15, 0.2) is 0 Å². The molecule has 14 heteroatoms. The van der Waals surface area contributed by atoms with Gasteiger partial charge in [-0.25, -0.2) is 9.80 Å². The molecule has 4 N–H and O–H groups in total. The zero-order valence-corrected chi connectivity index (χ0v) is 24.6. The number of carbonyl (C=O) groups is 4. The molecule has 5 aromatic carbocycles. The summed E-state index contributed by atoms with van der Waals surface area (Å²) in [5.41, 5.74) is 33.8. The predicted molar refractivity (Wildman–Crippen MR) is 179 cm³/mol. The summed E-state index contributed by atoms with van der Waals surface area (Å²) in [7, 11) is 0. The van der Waals surface area contributed by atoms with E-state index in [1.807, 2.05) is 0 Å². The number of imide groups is 2. The van der Waals surface area contributed by atoms with Crippen LogP contribution < -0.4 is 21.3 Å². The van der Waals surface area contributed by atoms with Crippen LogP contribution in [-0.4, -0.2) is 23.6 Å². The number of rotatable bonds is 6. The number of benzene rings is 5. The number of fused-ring (bicyclic) bond motifs is 2. The van der Waals surface area contributed by atoms with E-state index in [9.17, 15) is 30.2 Å². The average molecular weight is 633 g/mol. The van der Waals surface area contributed by atoms with Gasteiger partial charge in [-0.05, 0) is 94.0 Å². The Morgan fingerprint density at radius 2 is 0.792 bits per heavy atom. The molecule has 0 saturated carbocycles. The average Bonchev–Trinajstić information content (AvgIpc) is 3.49. The second kappa shape index (κ2) is 11.2. The van der Waals surface area contributed by atoms with Gasteiger partial charge in [-0.3, -0.25) is 19.2 Å². The highest BCUT2D eigenvalue weighted by Crippen LogP contribution is 2.46. The third-order valence-corrected chi connectivity index (χ3v) is 8.12. The number of hydrogen-bond acceptors (Lipinski definition) is 8. The second-order valence-corrected chi connectivity index (χ2v) is 10.9. The molecular weight excluding hydrogens is 612 g/mol. The number of amides is 4. The lowest BCUT2D eigenvalue weighted by Gasteiger charge is -2.22. The molecule has 48 heavy (non-hydrogen) atoms. The SMILES string of the molecule is [N-]=[N+]=Nc1cc(N2C(=O)c3ccc(-c4ccc(N)cc4)cc3C2=O)c(N=[N+]=[N-])cc1N1C(=O)c2ccc(-c3ccc(N)cc3)cc2C1=O. The molecule has 0 aromatic heterocycles. The molecule has 14 nitrogen and oxygen atoms in total. The number of carbonyl (C=O) groups excluding carboxylic acids is 4. The van der Waals surface area contributed by atoms with Gasteiger partial charge in [0.2, 0.25) is 0 Å². The number of azide groups is 2. The van der Waals surface area contributed by atoms with E-state index in [0.717, 1.165) is 33.1 Å².